The summed E-state index contributed by atoms with van der Waals surface area (Å²) in [5.74, 6) is 0. The van der Waals surface area contributed by atoms with E-state index in [-0.39, 0.29) is 0 Å². The molecule has 1 unspecified atom stereocenters. The zero-order valence-corrected chi connectivity index (χ0v) is 14.6. The van der Waals surface area contributed by atoms with Crippen LogP contribution in [0.2, 0.25) is 0 Å². The number of anilines is 1. The Hall–Kier alpha value is -1.80. The Labute approximate surface area is 140 Å². The van der Waals surface area contributed by atoms with Gasteiger partial charge < -0.3 is 4.90 Å². The zero-order valence-electron chi connectivity index (χ0n) is 14.6. The summed E-state index contributed by atoms with van der Waals surface area (Å²) in [4.78, 5) is 5.22. The largest absolute Gasteiger partial charge is 0.362 e. The Morgan fingerprint density at radius 3 is 2.48 bits per heavy atom. The van der Waals surface area contributed by atoms with Crippen molar-refractivity contribution in [3.8, 4) is 0 Å². The van der Waals surface area contributed by atoms with Crippen LogP contribution in [0.5, 0.6) is 0 Å². The molecular formula is C21H28N2. The first-order valence-corrected chi connectivity index (χ1v) is 8.80. The smallest absolute Gasteiger partial charge is 0.0670 e. The topological polar surface area (TPSA) is 6.48 Å². The lowest BCUT2D eigenvalue weighted by Gasteiger charge is -2.43. The molecule has 1 saturated heterocycles. The fraction of sp³-hybridized carbons (Fsp3) is 0.429. The van der Waals surface area contributed by atoms with Gasteiger partial charge in [0.25, 0.3) is 0 Å². The molecule has 0 spiro atoms. The summed E-state index contributed by atoms with van der Waals surface area (Å²) >= 11 is 0. The maximum absolute atomic E-state index is 2.61. The second-order valence-electron chi connectivity index (χ2n) is 6.71. The second-order valence-corrected chi connectivity index (χ2v) is 6.71. The fourth-order valence-electron chi connectivity index (χ4n) is 3.74. The van der Waals surface area contributed by atoms with E-state index in [0.29, 0.717) is 6.04 Å². The predicted octanol–water partition coefficient (Wildman–Crippen LogP) is 4.58. The van der Waals surface area contributed by atoms with Crippen molar-refractivity contribution < 1.29 is 0 Å². The average molecular weight is 308 g/mol. The van der Waals surface area contributed by atoms with E-state index in [1.54, 1.807) is 0 Å². The van der Waals surface area contributed by atoms with Gasteiger partial charge in [0, 0.05) is 25.3 Å². The van der Waals surface area contributed by atoms with Crippen molar-refractivity contribution in [2.75, 3.05) is 31.1 Å². The highest BCUT2D eigenvalue weighted by atomic mass is 15.3. The number of hydrogen-bond acceptors (Lipinski definition) is 2. The molecule has 1 heterocycles. The van der Waals surface area contributed by atoms with Gasteiger partial charge in [0.05, 0.1) is 6.04 Å². The van der Waals surface area contributed by atoms with E-state index >= 15 is 0 Å². The summed E-state index contributed by atoms with van der Waals surface area (Å²) < 4.78 is 0. The maximum Gasteiger partial charge on any atom is 0.0670 e. The number of nitrogens with zero attached hydrogens (tertiary/aromatic N) is 2. The number of benzene rings is 2. The zero-order chi connectivity index (χ0) is 16.2. The van der Waals surface area contributed by atoms with Gasteiger partial charge in [-0.3, -0.25) is 4.90 Å². The quantitative estimate of drug-likeness (QED) is 0.816. The molecule has 23 heavy (non-hydrogen) atoms. The van der Waals surface area contributed by atoms with E-state index in [1.807, 2.05) is 0 Å². The Kier molecular flexibility index (Phi) is 5.02. The molecule has 2 nitrogen and oxygen atoms in total. The molecule has 0 radical (unpaired) electrons. The summed E-state index contributed by atoms with van der Waals surface area (Å²) in [6.07, 6.45) is 1.23. The highest BCUT2D eigenvalue weighted by Gasteiger charge is 2.28. The predicted molar refractivity (Wildman–Crippen MR) is 99.2 cm³/mol. The molecule has 1 aliphatic heterocycles. The van der Waals surface area contributed by atoms with Crippen LogP contribution in [0.25, 0.3) is 0 Å². The van der Waals surface area contributed by atoms with Gasteiger partial charge in [-0.15, -0.1) is 0 Å². The average Bonchev–Trinajstić information content (AvgIpc) is 2.56. The van der Waals surface area contributed by atoms with E-state index in [0.717, 1.165) is 19.6 Å². The first-order valence-electron chi connectivity index (χ1n) is 8.80. The van der Waals surface area contributed by atoms with E-state index in [2.05, 4.69) is 79.1 Å². The Morgan fingerprint density at radius 1 is 1.00 bits per heavy atom. The van der Waals surface area contributed by atoms with Crippen LogP contribution in [-0.4, -0.2) is 31.1 Å². The van der Waals surface area contributed by atoms with Crippen LogP contribution in [0.1, 0.15) is 36.1 Å². The number of piperazine rings is 1. The van der Waals surface area contributed by atoms with E-state index in [9.17, 15) is 0 Å². The second kappa shape index (κ2) is 7.18. The van der Waals surface area contributed by atoms with Crippen LogP contribution < -0.4 is 4.90 Å². The first kappa shape index (κ1) is 16.1. The molecule has 0 amide bonds. The molecule has 0 aliphatic carbocycles. The molecule has 2 aromatic carbocycles. The number of aryl methyl sites for hydroxylation is 2. The van der Waals surface area contributed by atoms with Crippen LogP contribution in [-0.2, 0) is 0 Å². The van der Waals surface area contributed by atoms with Crippen molar-refractivity contribution >= 4 is 5.69 Å². The van der Waals surface area contributed by atoms with E-state index < -0.39 is 0 Å². The molecular weight excluding hydrogens is 280 g/mol. The van der Waals surface area contributed by atoms with Gasteiger partial charge in [0.1, 0.15) is 0 Å². The van der Waals surface area contributed by atoms with Crippen LogP contribution >= 0.6 is 0 Å². The van der Waals surface area contributed by atoms with Gasteiger partial charge in [-0.05, 0) is 44.0 Å². The highest BCUT2D eigenvalue weighted by molar-refractivity contribution is 5.56. The summed E-state index contributed by atoms with van der Waals surface area (Å²) in [5.41, 5.74) is 5.54. The molecule has 0 N–H and O–H groups in total. The number of rotatable bonds is 4. The summed E-state index contributed by atoms with van der Waals surface area (Å²) in [5, 5.41) is 0. The minimum atomic E-state index is 0.443. The van der Waals surface area contributed by atoms with E-state index in [1.165, 1.54) is 35.3 Å². The van der Waals surface area contributed by atoms with Gasteiger partial charge in [0.2, 0.25) is 0 Å². The fourth-order valence-corrected chi connectivity index (χ4v) is 3.74. The van der Waals surface area contributed by atoms with Gasteiger partial charge in [-0.1, -0.05) is 55.0 Å². The SMILES string of the molecule is CCCN1CCN(c2ccc(C)cc2C)C(c2ccccc2)C1. The molecule has 3 rings (SSSR count). The normalized spacial score (nSPS) is 19.1. The third kappa shape index (κ3) is 3.59. The van der Waals surface area contributed by atoms with Gasteiger partial charge >= 0.3 is 0 Å². The van der Waals surface area contributed by atoms with Gasteiger partial charge in [-0.2, -0.15) is 0 Å². The molecule has 1 aliphatic rings. The molecule has 0 bridgehead atoms. The molecule has 1 atom stereocenters. The standard InChI is InChI=1S/C21H28N2/c1-4-12-22-13-14-23(20-11-10-17(2)15-18(20)3)21(16-22)19-8-6-5-7-9-19/h5-11,15,21H,4,12-14,16H2,1-3H3. The third-order valence-electron chi connectivity index (χ3n) is 4.85. The van der Waals surface area contributed by atoms with Crippen LogP contribution in [0.4, 0.5) is 5.69 Å². The summed E-state index contributed by atoms with van der Waals surface area (Å²) in [6, 6.07) is 18.3. The summed E-state index contributed by atoms with van der Waals surface area (Å²) in [6.45, 7) is 11.3. The number of hydrogen-bond donors (Lipinski definition) is 0. The van der Waals surface area contributed by atoms with Crippen molar-refractivity contribution in [1.29, 1.82) is 0 Å². The minimum absolute atomic E-state index is 0.443. The Morgan fingerprint density at radius 2 is 1.78 bits per heavy atom. The molecule has 0 aromatic heterocycles. The summed E-state index contributed by atoms with van der Waals surface area (Å²) in [7, 11) is 0. The highest BCUT2D eigenvalue weighted by Crippen LogP contribution is 2.33. The lowest BCUT2D eigenvalue weighted by molar-refractivity contribution is 0.224. The van der Waals surface area contributed by atoms with Gasteiger partial charge in [0.15, 0.2) is 0 Å². The Balaban J connectivity index is 1.93. The van der Waals surface area contributed by atoms with Crippen LogP contribution in [0.3, 0.4) is 0 Å². The lowest BCUT2D eigenvalue weighted by atomic mass is 9.99. The molecule has 1 fully saturated rings. The first-order chi connectivity index (χ1) is 11.2. The maximum atomic E-state index is 2.61. The van der Waals surface area contributed by atoms with Crippen LogP contribution in [0.15, 0.2) is 48.5 Å². The van der Waals surface area contributed by atoms with E-state index in [4.69, 9.17) is 0 Å². The minimum Gasteiger partial charge on any atom is -0.362 e. The van der Waals surface area contributed by atoms with Crippen molar-refractivity contribution in [1.82, 2.24) is 4.90 Å². The van der Waals surface area contributed by atoms with Gasteiger partial charge in [-0.25, -0.2) is 0 Å². The monoisotopic (exact) mass is 308 g/mol. The van der Waals surface area contributed by atoms with Crippen molar-refractivity contribution in [2.24, 2.45) is 0 Å². The lowest BCUT2D eigenvalue weighted by Crippen LogP contribution is -2.48. The molecule has 122 valence electrons. The van der Waals surface area contributed by atoms with Crippen molar-refractivity contribution in [3.05, 3.63) is 65.2 Å². The molecule has 2 aromatic rings. The van der Waals surface area contributed by atoms with Crippen LogP contribution in [0, 0.1) is 13.8 Å². The van der Waals surface area contributed by atoms with Crippen molar-refractivity contribution in [2.45, 2.75) is 33.2 Å². The molecule has 2 heteroatoms. The van der Waals surface area contributed by atoms with Crippen molar-refractivity contribution in [3.63, 3.8) is 0 Å². The Bertz CT molecular complexity index is 636. The molecule has 0 saturated carbocycles. The third-order valence-corrected chi connectivity index (χ3v) is 4.85.